The number of rotatable bonds is 5. The van der Waals surface area contributed by atoms with Gasteiger partial charge < -0.3 is 14.6 Å². The molecule has 178 valence electrons. The number of nitrogens with zero attached hydrogens (tertiary/aromatic N) is 1. The molecule has 10 heteroatoms. The molecule has 0 aromatic rings. The van der Waals surface area contributed by atoms with Gasteiger partial charge in [-0.25, -0.2) is 9.11 Å². The summed E-state index contributed by atoms with van der Waals surface area (Å²) >= 11 is 0. The zero-order valence-electron chi connectivity index (χ0n) is 18.5. The molecule has 0 bridgehead atoms. The molecule has 4 rings (SSSR count). The monoisotopic (exact) mass is 462 g/mol. The minimum atomic E-state index is -4.09. The lowest BCUT2D eigenvalue weighted by Gasteiger charge is -2.48. The van der Waals surface area contributed by atoms with Crippen LogP contribution in [0, 0.1) is 17.8 Å². The molecule has 4 aliphatic rings. The minimum absolute atomic E-state index is 0.0522. The lowest BCUT2D eigenvalue weighted by atomic mass is 9.64. The number of halogens is 1. The summed E-state index contributed by atoms with van der Waals surface area (Å²) in [5, 5.41) is 10.5. The van der Waals surface area contributed by atoms with Crippen LogP contribution in [0.5, 0.6) is 0 Å². The molecular formula is C21H35FN2O6S. The van der Waals surface area contributed by atoms with Crippen molar-refractivity contribution in [1.29, 1.82) is 0 Å². The Balaban J connectivity index is 1.36. The number of carbonyl (C=O) groups is 1. The second-order valence-corrected chi connectivity index (χ2v) is 12.2. The van der Waals surface area contributed by atoms with E-state index in [1.807, 2.05) is 18.6 Å². The van der Waals surface area contributed by atoms with E-state index in [-0.39, 0.29) is 17.4 Å². The first-order valence-electron chi connectivity index (χ1n) is 11.4. The van der Waals surface area contributed by atoms with Gasteiger partial charge in [0.25, 0.3) is 0 Å². The maximum atomic E-state index is 15.6. The van der Waals surface area contributed by atoms with Crippen LogP contribution in [0.1, 0.15) is 65.7 Å². The van der Waals surface area contributed by atoms with Gasteiger partial charge in [-0.3, -0.25) is 4.79 Å². The van der Waals surface area contributed by atoms with Gasteiger partial charge in [0.15, 0.2) is 5.79 Å². The highest BCUT2D eigenvalue weighted by atomic mass is 32.2. The normalized spacial score (nSPS) is 44.7. The van der Waals surface area contributed by atoms with E-state index in [0.717, 1.165) is 36.4 Å². The molecule has 4 fully saturated rings. The fourth-order valence-electron chi connectivity index (χ4n) is 6.16. The number of hydrogen-bond donors (Lipinski definition) is 2. The third kappa shape index (κ3) is 4.78. The maximum Gasteiger partial charge on any atom is 0.304 e. The molecule has 0 radical (unpaired) electrons. The highest BCUT2D eigenvalue weighted by Crippen LogP contribution is 2.47. The van der Waals surface area contributed by atoms with Crippen LogP contribution in [-0.2, 0) is 24.5 Å². The van der Waals surface area contributed by atoms with Gasteiger partial charge in [0, 0.05) is 0 Å². The maximum absolute atomic E-state index is 15.6. The standard InChI is InChI=1S/C21H35FN2O6S/c1-20(2)29-12-21(3,30-20)8-4-5-13-6-7-14-10-16(25)19(18(22)15(14)9-13)24-11-17(26)23-31(24,27)28/h13-16,18-19,25H,4-12H2,1-3H3,(H,23,26). The first-order valence-corrected chi connectivity index (χ1v) is 12.8. The molecule has 2 heterocycles. The molecule has 7 unspecified atom stereocenters. The van der Waals surface area contributed by atoms with Gasteiger partial charge >= 0.3 is 10.2 Å². The van der Waals surface area contributed by atoms with E-state index in [0.29, 0.717) is 25.4 Å². The zero-order chi connectivity index (χ0) is 22.6. The predicted molar refractivity (Wildman–Crippen MR) is 111 cm³/mol. The van der Waals surface area contributed by atoms with Gasteiger partial charge in [-0.1, -0.05) is 19.3 Å². The molecule has 0 aromatic heterocycles. The first-order chi connectivity index (χ1) is 14.4. The highest BCUT2D eigenvalue weighted by molar-refractivity contribution is 7.88. The van der Waals surface area contributed by atoms with Gasteiger partial charge in [0.1, 0.15) is 6.17 Å². The van der Waals surface area contributed by atoms with Gasteiger partial charge in [-0.05, 0) is 64.2 Å². The van der Waals surface area contributed by atoms with E-state index in [9.17, 15) is 18.3 Å². The van der Waals surface area contributed by atoms with Crippen molar-refractivity contribution >= 4 is 16.1 Å². The van der Waals surface area contributed by atoms with E-state index in [4.69, 9.17) is 9.47 Å². The van der Waals surface area contributed by atoms with Crippen LogP contribution >= 0.6 is 0 Å². The first kappa shape index (κ1) is 23.4. The van der Waals surface area contributed by atoms with Crippen LogP contribution in [0.4, 0.5) is 4.39 Å². The summed E-state index contributed by atoms with van der Waals surface area (Å²) in [5.74, 6) is -1.12. The summed E-state index contributed by atoms with van der Waals surface area (Å²) in [7, 11) is -4.09. The van der Waals surface area contributed by atoms with Crippen LogP contribution in [0.3, 0.4) is 0 Å². The molecule has 2 saturated carbocycles. The van der Waals surface area contributed by atoms with Crippen molar-refractivity contribution in [2.24, 2.45) is 17.8 Å². The molecule has 31 heavy (non-hydrogen) atoms. The Hall–Kier alpha value is -0.810. The number of hydrogen-bond acceptors (Lipinski definition) is 6. The topological polar surface area (TPSA) is 105 Å². The van der Waals surface area contributed by atoms with Gasteiger partial charge in [0.05, 0.1) is 30.9 Å². The molecule has 2 saturated heterocycles. The van der Waals surface area contributed by atoms with Crippen molar-refractivity contribution in [3.8, 4) is 0 Å². The van der Waals surface area contributed by atoms with Crippen molar-refractivity contribution in [2.45, 2.75) is 95.4 Å². The van der Waals surface area contributed by atoms with E-state index in [2.05, 4.69) is 6.92 Å². The summed E-state index contributed by atoms with van der Waals surface area (Å²) in [6.07, 6.45) is 3.11. The SMILES string of the molecule is CC1(CCCC2CCC3CC(O)C(N4CC(=O)NS4(=O)=O)C(F)C3C2)COC(C)(C)O1. The van der Waals surface area contributed by atoms with Crippen LogP contribution in [0.15, 0.2) is 0 Å². The molecule has 8 nitrogen and oxygen atoms in total. The average Bonchev–Trinajstić information content (AvgIpc) is 3.09. The summed E-state index contributed by atoms with van der Waals surface area (Å²) in [6, 6.07) is -1.20. The van der Waals surface area contributed by atoms with Crippen molar-refractivity contribution in [2.75, 3.05) is 13.2 Å². The van der Waals surface area contributed by atoms with Gasteiger partial charge in [0.2, 0.25) is 5.91 Å². The number of nitrogens with one attached hydrogen (secondary N) is 1. The summed E-state index contributed by atoms with van der Waals surface area (Å²) in [4.78, 5) is 11.6. The molecule has 0 spiro atoms. The second kappa shape index (κ2) is 8.20. The van der Waals surface area contributed by atoms with Crippen LogP contribution in [0.2, 0.25) is 0 Å². The molecule has 0 aromatic carbocycles. The van der Waals surface area contributed by atoms with Crippen molar-refractivity contribution in [1.82, 2.24) is 9.03 Å². The number of carbonyl (C=O) groups excluding carboxylic acids is 1. The Labute approximate surface area is 184 Å². The lowest BCUT2D eigenvalue weighted by molar-refractivity contribution is -0.159. The predicted octanol–water partition coefficient (Wildman–Crippen LogP) is 1.88. The Morgan fingerprint density at radius 3 is 2.61 bits per heavy atom. The van der Waals surface area contributed by atoms with E-state index in [1.165, 1.54) is 0 Å². The molecular weight excluding hydrogens is 427 g/mol. The number of aliphatic hydroxyl groups is 1. The summed E-state index contributed by atoms with van der Waals surface area (Å²) in [5.41, 5.74) is -0.299. The average molecular weight is 463 g/mol. The number of alkyl halides is 1. The van der Waals surface area contributed by atoms with E-state index >= 15 is 4.39 Å². The van der Waals surface area contributed by atoms with Crippen LogP contribution in [0.25, 0.3) is 0 Å². The Bertz CT molecular complexity index is 808. The largest absolute Gasteiger partial charge is 0.391 e. The second-order valence-electron chi connectivity index (χ2n) is 10.5. The van der Waals surface area contributed by atoms with E-state index in [1.54, 1.807) is 0 Å². The third-order valence-electron chi connectivity index (χ3n) is 7.55. The van der Waals surface area contributed by atoms with Crippen LogP contribution < -0.4 is 4.72 Å². The van der Waals surface area contributed by atoms with Gasteiger partial charge in [-0.15, -0.1) is 0 Å². The number of fused-ring (bicyclic) bond motifs is 1. The molecule has 2 aliphatic heterocycles. The summed E-state index contributed by atoms with van der Waals surface area (Å²) in [6.45, 7) is 6.03. The molecule has 7 atom stereocenters. The Morgan fingerprint density at radius 2 is 2.00 bits per heavy atom. The lowest BCUT2D eigenvalue weighted by Crippen LogP contribution is -2.58. The number of ether oxygens (including phenoxy) is 2. The summed E-state index contributed by atoms with van der Waals surface area (Å²) < 4.78 is 54.5. The molecule has 2 aliphatic carbocycles. The fraction of sp³-hybridized carbons (Fsp3) is 0.952. The fourth-order valence-corrected chi connectivity index (χ4v) is 7.50. The number of aliphatic hydroxyl groups excluding tert-OH is 1. The Morgan fingerprint density at radius 1 is 1.26 bits per heavy atom. The minimum Gasteiger partial charge on any atom is -0.391 e. The molecule has 1 amide bonds. The van der Waals surface area contributed by atoms with Crippen LogP contribution in [-0.4, -0.2) is 66.6 Å². The Kier molecular flexibility index (Phi) is 6.18. The van der Waals surface area contributed by atoms with Gasteiger partial charge in [-0.2, -0.15) is 12.7 Å². The van der Waals surface area contributed by atoms with Crippen molar-refractivity contribution in [3.63, 3.8) is 0 Å². The third-order valence-corrected chi connectivity index (χ3v) is 9.02. The smallest absolute Gasteiger partial charge is 0.304 e. The quantitative estimate of drug-likeness (QED) is 0.646. The molecule has 2 N–H and O–H groups in total. The van der Waals surface area contributed by atoms with Crippen molar-refractivity contribution in [3.05, 3.63) is 0 Å². The zero-order valence-corrected chi connectivity index (χ0v) is 19.4. The van der Waals surface area contributed by atoms with Crippen molar-refractivity contribution < 1.29 is 32.2 Å². The highest BCUT2D eigenvalue weighted by Gasteiger charge is 2.53. The number of amides is 1. The van der Waals surface area contributed by atoms with E-state index < -0.39 is 46.8 Å².